The van der Waals surface area contributed by atoms with Crippen LogP contribution in [0.15, 0.2) is 73.2 Å². The molecule has 0 unspecified atom stereocenters. The summed E-state index contributed by atoms with van der Waals surface area (Å²) in [5.41, 5.74) is 0.548. The third-order valence-electron chi connectivity index (χ3n) is 5.26. The van der Waals surface area contributed by atoms with Crippen molar-refractivity contribution < 1.29 is 23.1 Å². The molecule has 1 aromatic carbocycles. The van der Waals surface area contributed by atoms with Crippen LogP contribution in [0, 0.1) is 0 Å². The van der Waals surface area contributed by atoms with Gasteiger partial charge in [-0.2, -0.15) is 18.3 Å². The molecule has 192 valence electrons. The number of carbonyl (C=O) groups excluding carboxylic acids is 1. The number of amides is 1. The molecule has 0 radical (unpaired) electrons. The second-order valence-corrected chi connectivity index (χ2v) is 7.87. The summed E-state index contributed by atoms with van der Waals surface area (Å²) in [6.07, 6.45) is -0.105. The summed E-state index contributed by atoms with van der Waals surface area (Å²) in [6, 6.07) is 13.4. The lowest BCUT2D eigenvalue weighted by Gasteiger charge is -2.13. The molecule has 4 aromatic rings. The fraction of sp³-hybridized carbons (Fsp3) is 0.200. The van der Waals surface area contributed by atoms with Gasteiger partial charge in [-0.15, -0.1) is 0 Å². The minimum atomic E-state index is -4.63. The third-order valence-corrected chi connectivity index (χ3v) is 5.26. The summed E-state index contributed by atoms with van der Waals surface area (Å²) in [6.45, 7) is 1.54. The number of anilines is 2. The van der Waals surface area contributed by atoms with Crippen LogP contribution < -0.4 is 16.0 Å². The highest BCUT2D eigenvalue weighted by molar-refractivity contribution is 6.07. The van der Waals surface area contributed by atoms with Gasteiger partial charge in [0.1, 0.15) is 11.5 Å². The third kappa shape index (κ3) is 6.48. The van der Waals surface area contributed by atoms with E-state index >= 15 is 0 Å². The summed E-state index contributed by atoms with van der Waals surface area (Å²) in [5.74, 6) is -0.0442. The highest BCUT2D eigenvalue weighted by Crippen LogP contribution is 2.34. The molecule has 0 bridgehead atoms. The van der Waals surface area contributed by atoms with Crippen LogP contribution in [-0.2, 0) is 6.18 Å². The number of carbonyl (C=O) groups is 1. The van der Waals surface area contributed by atoms with Gasteiger partial charge in [0.05, 0.1) is 23.6 Å². The van der Waals surface area contributed by atoms with Gasteiger partial charge in [-0.3, -0.25) is 9.78 Å². The number of pyridine rings is 2. The number of hydrogen-bond donors (Lipinski definition) is 4. The normalized spacial score (nSPS) is 11.4. The first-order chi connectivity index (χ1) is 17.9. The molecular formula is C25H24F3N7O2. The molecule has 0 atom stereocenters. The lowest BCUT2D eigenvalue weighted by Crippen LogP contribution is -2.26. The number of aliphatic hydroxyl groups excluding tert-OH is 1. The Morgan fingerprint density at radius 2 is 1.78 bits per heavy atom. The number of benzene rings is 1. The number of nitrogens with zero attached hydrogens (tertiary/aromatic N) is 4. The molecule has 37 heavy (non-hydrogen) atoms. The molecule has 3 aromatic heterocycles. The van der Waals surface area contributed by atoms with E-state index in [-0.39, 0.29) is 18.0 Å². The Labute approximate surface area is 210 Å². The molecular weight excluding hydrogens is 487 g/mol. The molecule has 1 amide bonds. The van der Waals surface area contributed by atoms with Gasteiger partial charge in [-0.25, -0.2) is 9.67 Å². The Morgan fingerprint density at radius 1 is 1.00 bits per heavy atom. The van der Waals surface area contributed by atoms with Crippen molar-refractivity contribution in [2.75, 3.05) is 36.9 Å². The van der Waals surface area contributed by atoms with E-state index in [1.165, 1.54) is 36.7 Å². The second kappa shape index (κ2) is 11.6. The Balaban J connectivity index is 1.50. The van der Waals surface area contributed by atoms with E-state index in [1.54, 1.807) is 30.5 Å². The van der Waals surface area contributed by atoms with Gasteiger partial charge in [0.15, 0.2) is 0 Å². The Morgan fingerprint density at radius 3 is 2.49 bits per heavy atom. The molecule has 0 aliphatic carbocycles. The van der Waals surface area contributed by atoms with Crippen LogP contribution in [0.2, 0.25) is 0 Å². The van der Waals surface area contributed by atoms with Gasteiger partial charge in [0, 0.05) is 49.5 Å². The smallest absolute Gasteiger partial charge is 0.395 e. The summed E-state index contributed by atoms with van der Waals surface area (Å²) in [5, 5.41) is 21.8. The van der Waals surface area contributed by atoms with Crippen LogP contribution in [-0.4, -0.2) is 57.0 Å². The van der Waals surface area contributed by atoms with Crippen LogP contribution in [0.25, 0.3) is 16.9 Å². The van der Waals surface area contributed by atoms with E-state index in [1.807, 2.05) is 0 Å². The maximum Gasteiger partial charge on any atom is 0.433 e. The SMILES string of the molecule is O=C(Nc1ccc(-n2nc(-c3cccnc3)cc2C(F)(F)F)cc1)c1cccnc1NCCNCCO. The van der Waals surface area contributed by atoms with E-state index in [4.69, 9.17) is 5.11 Å². The lowest BCUT2D eigenvalue weighted by atomic mass is 10.2. The fourth-order valence-electron chi connectivity index (χ4n) is 3.52. The largest absolute Gasteiger partial charge is 0.433 e. The van der Waals surface area contributed by atoms with Crippen molar-refractivity contribution in [1.29, 1.82) is 0 Å². The molecule has 0 aliphatic heterocycles. The van der Waals surface area contributed by atoms with Crippen molar-refractivity contribution in [3.63, 3.8) is 0 Å². The van der Waals surface area contributed by atoms with E-state index in [0.29, 0.717) is 42.3 Å². The van der Waals surface area contributed by atoms with Crippen molar-refractivity contribution in [1.82, 2.24) is 25.1 Å². The molecule has 0 saturated heterocycles. The molecule has 4 N–H and O–H groups in total. The second-order valence-electron chi connectivity index (χ2n) is 7.87. The summed E-state index contributed by atoms with van der Waals surface area (Å²) >= 11 is 0. The minimum absolute atomic E-state index is 0.0274. The standard InChI is InChI=1S/C25H24F3N7O2/c26-25(27,28)22-15-21(17-3-1-9-30-16-17)34-35(22)19-7-5-18(6-8-19)33-24(37)20-4-2-10-31-23(20)32-12-11-29-13-14-36/h1-10,15-16,29,36H,11-14H2,(H,31,32)(H,33,37). The molecule has 12 heteroatoms. The summed E-state index contributed by atoms with van der Waals surface area (Å²) in [4.78, 5) is 21.0. The Bertz CT molecular complexity index is 1330. The van der Waals surface area contributed by atoms with Gasteiger partial charge in [0.2, 0.25) is 0 Å². The molecule has 3 heterocycles. The molecule has 4 rings (SSSR count). The van der Waals surface area contributed by atoms with E-state index in [0.717, 1.165) is 10.7 Å². The zero-order valence-electron chi connectivity index (χ0n) is 19.5. The van der Waals surface area contributed by atoms with Crippen molar-refractivity contribution in [3.8, 4) is 16.9 Å². The van der Waals surface area contributed by atoms with Gasteiger partial charge in [0.25, 0.3) is 5.91 Å². The first-order valence-electron chi connectivity index (χ1n) is 11.4. The van der Waals surface area contributed by atoms with Crippen molar-refractivity contribution in [2.24, 2.45) is 0 Å². The van der Waals surface area contributed by atoms with Crippen LogP contribution >= 0.6 is 0 Å². The van der Waals surface area contributed by atoms with Crippen molar-refractivity contribution in [2.45, 2.75) is 6.18 Å². The van der Waals surface area contributed by atoms with Crippen molar-refractivity contribution in [3.05, 3.63) is 84.4 Å². The van der Waals surface area contributed by atoms with Gasteiger partial charge in [-0.1, -0.05) is 0 Å². The van der Waals surface area contributed by atoms with Crippen LogP contribution in [0.3, 0.4) is 0 Å². The van der Waals surface area contributed by atoms with Gasteiger partial charge < -0.3 is 21.1 Å². The van der Waals surface area contributed by atoms with Crippen LogP contribution in [0.5, 0.6) is 0 Å². The van der Waals surface area contributed by atoms with Gasteiger partial charge in [-0.05, 0) is 54.6 Å². The minimum Gasteiger partial charge on any atom is -0.395 e. The van der Waals surface area contributed by atoms with E-state index < -0.39 is 17.8 Å². The molecule has 0 fully saturated rings. The van der Waals surface area contributed by atoms with Crippen LogP contribution in [0.4, 0.5) is 24.7 Å². The Hall–Kier alpha value is -4.29. The van der Waals surface area contributed by atoms with E-state index in [9.17, 15) is 18.0 Å². The molecule has 0 spiro atoms. The predicted octanol–water partition coefficient (Wildman–Crippen LogP) is 3.59. The number of hydrogen-bond acceptors (Lipinski definition) is 7. The number of rotatable bonds is 10. The number of halogens is 3. The fourth-order valence-corrected chi connectivity index (χ4v) is 3.52. The number of aliphatic hydroxyl groups is 1. The summed E-state index contributed by atoms with van der Waals surface area (Å²) in [7, 11) is 0. The molecule has 9 nitrogen and oxygen atoms in total. The quantitative estimate of drug-likeness (QED) is 0.241. The zero-order valence-corrected chi connectivity index (χ0v) is 19.5. The maximum atomic E-state index is 13.7. The molecule has 0 aliphatic rings. The monoisotopic (exact) mass is 511 g/mol. The highest BCUT2D eigenvalue weighted by Gasteiger charge is 2.36. The van der Waals surface area contributed by atoms with Gasteiger partial charge >= 0.3 is 6.18 Å². The maximum absolute atomic E-state index is 13.7. The molecule has 0 saturated carbocycles. The topological polar surface area (TPSA) is 117 Å². The van der Waals surface area contributed by atoms with Crippen LogP contribution in [0.1, 0.15) is 16.1 Å². The first kappa shape index (κ1) is 25.8. The number of alkyl halides is 3. The number of aromatic nitrogens is 4. The number of nitrogens with one attached hydrogen (secondary N) is 3. The lowest BCUT2D eigenvalue weighted by molar-refractivity contribution is -0.142. The zero-order chi connectivity index (χ0) is 26.3. The first-order valence-corrected chi connectivity index (χ1v) is 11.4. The predicted molar refractivity (Wildman–Crippen MR) is 132 cm³/mol. The highest BCUT2D eigenvalue weighted by atomic mass is 19.4. The van der Waals surface area contributed by atoms with E-state index in [2.05, 4.69) is 31.0 Å². The average molecular weight is 512 g/mol. The van der Waals surface area contributed by atoms with Crippen molar-refractivity contribution >= 4 is 17.4 Å². The average Bonchev–Trinajstić information content (AvgIpc) is 3.36. The Kier molecular flexibility index (Phi) is 8.11. The summed E-state index contributed by atoms with van der Waals surface area (Å²) < 4.78 is 42.0.